The smallest absolute Gasteiger partial charge is 0.211 e. The Morgan fingerprint density at radius 1 is 1.43 bits per heavy atom. The van der Waals surface area contributed by atoms with Crippen LogP contribution in [-0.4, -0.2) is 33.3 Å². The first-order chi connectivity index (χ1) is 6.64. The van der Waals surface area contributed by atoms with E-state index < -0.39 is 10.0 Å². The van der Waals surface area contributed by atoms with Gasteiger partial charge in [0.2, 0.25) is 10.0 Å². The summed E-state index contributed by atoms with van der Waals surface area (Å²) < 4.78 is 25.7. The Bertz CT molecular complexity index is 244. The van der Waals surface area contributed by atoms with E-state index in [0.29, 0.717) is 6.42 Å². The highest BCUT2D eigenvalue weighted by atomic mass is 32.2. The third-order valence-electron chi connectivity index (χ3n) is 2.37. The molecule has 0 spiro atoms. The summed E-state index contributed by atoms with van der Waals surface area (Å²) in [6, 6.07) is 0.0917. The fourth-order valence-corrected chi connectivity index (χ4v) is 3.07. The highest BCUT2D eigenvalue weighted by Crippen LogP contribution is 2.05. The van der Waals surface area contributed by atoms with Gasteiger partial charge < -0.3 is 5.32 Å². The Labute approximate surface area is 86.5 Å². The number of rotatable bonds is 4. The number of hydrogen-bond acceptors (Lipinski definition) is 3. The maximum absolute atomic E-state index is 11.5. The van der Waals surface area contributed by atoms with Crippen molar-refractivity contribution >= 4 is 10.0 Å². The summed E-state index contributed by atoms with van der Waals surface area (Å²) in [6.07, 6.45) is 3.88. The monoisotopic (exact) mass is 220 g/mol. The lowest BCUT2D eigenvalue weighted by Crippen LogP contribution is -2.41. The maximum Gasteiger partial charge on any atom is 0.211 e. The minimum absolute atomic E-state index is 0.0917. The number of hydrogen-bond donors (Lipinski definition) is 2. The van der Waals surface area contributed by atoms with Crippen molar-refractivity contribution in [3.8, 4) is 0 Å². The van der Waals surface area contributed by atoms with E-state index in [1.165, 1.54) is 0 Å². The second kappa shape index (κ2) is 5.68. The van der Waals surface area contributed by atoms with Crippen molar-refractivity contribution in [1.82, 2.24) is 10.0 Å². The molecule has 0 saturated carbocycles. The molecule has 1 rings (SSSR count). The number of sulfonamides is 1. The predicted octanol–water partition coefficient (Wildman–Crippen LogP) is 0.458. The van der Waals surface area contributed by atoms with Gasteiger partial charge in [-0.1, -0.05) is 13.3 Å². The molecule has 2 N–H and O–H groups in total. The van der Waals surface area contributed by atoms with Crippen molar-refractivity contribution in [2.45, 2.75) is 38.6 Å². The van der Waals surface area contributed by atoms with E-state index in [-0.39, 0.29) is 11.8 Å². The fourth-order valence-electron chi connectivity index (χ4n) is 1.70. The second-order valence-electron chi connectivity index (χ2n) is 3.83. The molecule has 0 amide bonds. The van der Waals surface area contributed by atoms with Gasteiger partial charge in [-0.2, -0.15) is 0 Å². The van der Waals surface area contributed by atoms with E-state index in [1.807, 2.05) is 6.92 Å². The summed E-state index contributed by atoms with van der Waals surface area (Å²) in [5, 5.41) is 3.24. The first-order valence-corrected chi connectivity index (χ1v) is 7.00. The van der Waals surface area contributed by atoms with Gasteiger partial charge in [0.25, 0.3) is 0 Å². The molecule has 1 atom stereocenters. The lowest BCUT2D eigenvalue weighted by atomic mass is 10.2. The van der Waals surface area contributed by atoms with Gasteiger partial charge in [-0.15, -0.1) is 0 Å². The molecule has 5 heteroatoms. The molecule has 1 heterocycles. The van der Waals surface area contributed by atoms with Gasteiger partial charge in [0, 0.05) is 12.6 Å². The first-order valence-electron chi connectivity index (χ1n) is 5.35. The summed E-state index contributed by atoms with van der Waals surface area (Å²) in [5.41, 5.74) is 0. The Hall–Kier alpha value is -0.130. The van der Waals surface area contributed by atoms with Crippen molar-refractivity contribution in [3.63, 3.8) is 0 Å². The third-order valence-corrected chi connectivity index (χ3v) is 4.00. The Kier molecular flexibility index (Phi) is 4.84. The molecule has 0 bridgehead atoms. The molecule has 0 aromatic heterocycles. The van der Waals surface area contributed by atoms with Crippen molar-refractivity contribution < 1.29 is 8.42 Å². The zero-order valence-electron chi connectivity index (χ0n) is 8.75. The SMILES string of the molecule is CCCS(=O)(=O)NC1CCCCNC1. The van der Waals surface area contributed by atoms with Gasteiger partial charge >= 0.3 is 0 Å². The molecular weight excluding hydrogens is 200 g/mol. The van der Waals surface area contributed by atoms with Gasteiger partial charge in [-0.25, -0.2) is 13.1 Å². The molecule has 4 nitrogen and oxygen atoms in total. The van der Waals surface area contributed by atoms with Gasteiger partial charge in [0.05, 0.1) is 5.75 Å². The van der Waals surface area contributed by atoms with Crippen LogP contribution in [0.15, 0.2) is 0 Å². The van der Waals surface area contributed by atoms with E-state index in [9.17, 15) is 8.42 Å². The van der Waals surface area contributed by atoms with Gasteiger partial charge in [-0.3, -0.25) is 0 Å². The van der Waals surface area contributed by atoms with Gasteiger partial charge in [-0.05, 0) is 25.8 Å². The van der Waals surface area contributed by atoms with E-state index in [4.69, 9.17) is 0 Å². The van der Waals surface area contributed by atoms with Crippen LogP contribution < -0.4 is 10.0 Å². The van der Waals surface area contributed by atoms with Crippen LogP contribution in [0.5, 0.6) is 0 Å². The minimum atomic E-state index is -3.04. The van der Waals surface area contributed by atoms with Crippen molar-refractivity contribution in [2.75, 3.05) is 18.8 Å². The van der Waals surface area contributed by atoms with E-state index in [1.54, 1.807) is 0 Å². The Morgan fingerprint density at radius 3 is 2.93 bits per heavy atom. The summed E-state index contributed by atoms with van der Waals surface area (Å²) in [7, 11) is -3.04. The molecular formula is C9H20N2O2S. The summed E-state index contributed by atoms with van der Waals surface area (Å²) in [6.45, 7) is 3.65. The first kappa shape index (κ1) is 11.9. The highest BCUT2D eigenvalue weighted by molar-refractivity contribution is 7.89. The molecule has 0 aliphatic carbocycles. The zero-order chi connectivity index (χ0) is 10.4. The summed E-state index contributed by atoms with van der Waals surface area (Å²) in [4.78, 5) is 0. The normalized spacial score (nSPS) is 24.5. The van der Waals surface area contributed by atoms with Crippen molar-refractivity contribution in [1.29, 1.82) is 0 Å². The molecule has 1 aliphatic rings. The molecule has 1 fully saturated rings. The molecule has 0 aromatic rings. The lowest BCUT2D eigenvalue weighted by Gasteiger charge is -2.15. The molecule has 0 aromatic carbocycles. The van der Waals surface area contributed by atoms with Gasteiger partial charge in [0.15, 0.2) is 0 Å². The molecule has 84 valence electrons. The molecule has 1 aliphatic heterocycles. The maximum atomic E-state index is 11.5. The quantitative estimate of drug-likeness (QED) is 0.723. The van der Waals surface area contributed by atoms with Crippen LogP contribution in [0.25, 0.3) is 0 Å². The van der Waals surface area contributed by atoms with E-state index in [0.717, 1.165) is 32.4 Å². The standard InChI is InChI=1S/C9H20N2O2S/c1-2-7-14(12,13)11-9-5-3-4-6-10-8-9/h9-11H,2-8H2,1H3. The van der Waals surface area contributed by atoms with Crippen LogP contribution in [-0.2, 0) is 10.0 Å². The molecule has 0 radical (unpaired) electrons. The lowest BCUT2D eigenvalue weighted by molar-refractivity contribution is 0.520. The average Bonchev–Trinajstić information content (AvgIpc) is 2.31. The molecule has 1 saturated heterocycles. The fraction of sp³-hybridized carbons (Fsp3) is 1.00. The largest absolute Gasteiger partial charge is 0.315 e. The van der Waals surface area contributed by atoms with Crippen LogP contribution in [0.3, 0.4) is 0 Å². The van der Waals surface area contributed by atoms with Crippen LogP contribution >= 0.6 is 0 Å². The molecule has 14 heavy (non-hydrogen) atoms. The third kappa shape index (κ3) is 4.39. The minimum Gasteiger partial charge on any atom is -0.315 e. The van der Waals surface area contributed by atoms with Gasteiger partial charge in [0.1, 0.15) is 0 Å². The van der Waals surface area contributed by atoms with Crippen molar-refractivity contribution in [2.24, 2.45) is 0 Å². The summed E-state index contributed by atoms with van der Waals surface area (Å²) >= 11 is 0. The van der Waals surface area contributed by atoms with Crippen LogP contribution in [0.4, 0.5) is 0 Å². The topological polar surface area (TPSA) is 58.2 Å². The Balaban J connectivity index is 2.41. The van der Waals surface area contributed by atoms with Crippen molar-refractivity contribution in [3.05, 3.63) is 0 Å². The number of nitrogens with one attached hydrogen (secondary N) is 2. The highest BCUT2D eigenvalue weighted by Gasteiger charge is 2.17. The van der Waals surface area contributed by atoms with Crippen LogP contribution in [0.1, 0.15) is 32.6 Å². The Morgan fingerprint density at radius 2 is 2.21 bits per heavy atom. The zero-order valence-corrected chi connectivity index (χ0v) is 9.57. The van der Waals surface area contributed by atoms with Crippen LogP contribution in [0, 0.1) is 0 Å². The van der Waals surface area contributed by atoms with Crippen LogP contribution in [0.2, 0.25) is 0 Å². The van der Waals surface area contributed by atoms with E-state index >= 15 is 0 Å². The average molecular weight is 220 g/mol. The predicted molar refractivity (Wildman–Crippen MR) is 57.7 cm³/mol. The van der Waals surface area contributed by atoms with E-state index in [2.05, 4.69) is 10.0 Å². The molecule has 1 unspecified atom stereocenters. The summed E-state index contributed by atoms with van der Waals surface area (Å²) in [5.74, 6) is 0.240. The second-order valence-corrected chi connectivity index (χ2v) is 5.71.